The molecule has 1 heterocycles. The summed E-state index contributed by atoms with van der Waals surface area (Å²) >= 11 is 5.65. The summed E-state index contributed by atoms with van der Waals surface area (Å²) < 4.78 is 0. The molecule has 2 aromatic rings. The molecule has 0 radical (unpaired) electrons. The van der Waals surface area contributed by atoms with Crippen molar-refractivity contribution in [2.45, 2.75) is 0 Å². The zero-order valence-corrected chi connectivity index (χ0v) is 13.1. The maximum absolute atomic E-state index is 5.65. The Balaban J connectivity index is 1.73. The van der Waals surface area contributed by atoms with Gasteiger partial charge in [0, 0.05) is 31.7 Å². The van der Waals surface area contributed by atoms with E-state index in [0.29, 0.717) is 0 Å². The fourth-order valence-corrected chi connectivity index (χ4v) is 2.95. The first kappa shape index (κ1) is 14.2. The number of piperazine rings is 1. The van der Waals surface area contributed by atoms with Crippen molar-refractivity contribution in [1.82, 2.24) is 9.80 Å². The second kappa shape index (κ2) is 6.37. The van der Waals surface area contributed by atoms with Crippen molar-refractivity contribution in [1.29, 1.82) is 0 Å². The second-order valence-corrected chi connectivity index (χ2v) is 5.93. The lowest BCUT2D eigenvalue weighted by Crippen LogP contribution is -2.46. The molecule has 3 rings (SSSR count). The van der Waals surface area contributed by atoms with Crippen molar-refractivity contribution in [2.24, 2.45) is 0 Å². The van der Waals surface area contributed by atoms with Gasteiger partial charge in [0.25, 0.3) is 0 Å². The van der Waals surface area contributed by atoms with Crippen molar-refractivity contribution >= 4 is 17.2 Å². The number of thiocarbonyl (C=S) groups is 1. The molecule has 0 saturated carbocycles. The number of hydrogen-bond donors (Lipinski definition) is 0. The van der Waals surface area contributed by atoms with E-state index in [1.54, 1.807) is 0 Å². The highest BCUT2D eigenvalue weighted by Crippen LogP contribution is 2.20. The molecule has 1 fully saturated rings. The van der Waals surface area contributed by atoms with Crippen LogP contribution in [0.25, 0.3) is 11.1 Å². The van der Waals surface area contributed by atoms with Crippen LogP contribution >= 0.6 is 12.2 Å². The van der Waals surface area contributed by atoms with Crippen LogP contribution in [-0.2, 0) is 0 Å². The lowest BCUT2D eigenvalue weighted by atomic mass is 10.0. The standard InChI is InChI=1S/C18H20N2S/c1-19-11-13-20(14-12-19)18(21)17-9-7-16(8-10-17)15-5-3-2-4-6-15/h2-10H,11-14H2,1H3. The Bertz CT molecular complexity index is 599. The van der Waals surface area contributed by atoms with Gasteiger partial charge in [0.2, 0.25) is 0 Å². The first-order valence-corrected chi connectivity index (χ1v) is 7.78. The first-order chi connectivity index (χ1) is 10.2. The summed E-state index contributed by atoms with van der Waals surface area (Å²) in [6.45, 7) is 4.22. The van der Waals surface area contributed by atoms with Crippen LogP contribution in [0.4, 0.5) is 0 Å². The normalized spacial score (nSPS) is 16.0. The monoisotopic (exact) mass is 296 g/mol. The molecule has 2 aromatic carbocycles. The molecule has 0 aromatic heterocycles. The quantitative estimate of drug-likeness (QED) is 0.785. The summed E-state index contributed by atoms with van der Waals surface area (Å²) in [6.07, 6.45) is 0. The minimum absolute atomic E-state index is 0.975. The number of likely N-dealkylation sites (N-methyl/N-ethyl adjacent to an activating group) is 1. The van der Waals surface area contributed by atoms with Crippen LogP contribution in [0.2, 0.25) is 0 Å². The van der Waals surface area contributed by atoms with Gasteiger partial charge in [0.15, 0.2) is 0 Å². The largest absolute Gasteiger partial charge is 0.360 e. The van der Waals surface area contributed by atoms with E-state index < -0.39 is 0 Å². The number of benzene rings is 2. The summed E-state index contributed by atoms with van der Waals surface area (Å²) in [5.41, 5.74) is 3.63. The predicted octanol–water partition coefficient (Wildman–Crippen LogP) is 3.28. The minimum atomic E-state index is 0.975. The molecule has 1 aliphatic heterocycles. The van der Waals surface area contributed by atoms with Crippen LogP contribution in [0.15, 0.2) is 54.6 Å². The van der Waals surface area contributed by atoms with E-state index in [1.807, 2.05) is 6.07 Å². The molecular formula is C18H20N2S. The zero-order chi connectivity index (χ0) is 14.7. The van der Waals surface area contributed by atoms with E-state index in [0.717, 1.165) is 36.7 Å². The van der Waals surface area contributed by atoms with Crippen LogP contribution in [0.5, 0.6) is 0 Å². The van der Waals surface area contributed by atoms with Crippen molar-refractivity contribution in [2.75, 3.05) is 33.2 Å². The van der Waals surface area contributed by atoms with Crippen LogP contribution < -0.4 is 0 Å². The van der Waals surface area contributed by atoms with Crippen molar-refractivity contribution < 1.29 is 0 Å². The summed E-state index contributed by atoms with van der Waals surface area (Å²) in [5, 5.41) is 0. The molecule has 3 heteroatoms. The number of hydrogen-bond acceptors (Lipinski definition) is 2. The summed E-state index contributed by atoms with van der Waals surface area (Å²) in [4.78, 5) is 5.63. The lowest BCUT2D eigenvalue weighted by molar-refractivity contribution is 0.218. The third-order valence-electron chi connectivity index (χ3n) is 4.03. The summed E-state index contributed by atoms with van der Waals surface area (Å²) in [7, 11) is 2.16. The Kier molecular flexibility index (Phi) is 4.32. The molecule has 0 spiro atoms. The Labute approximate surface area is 132 Å². The minimum Gasteiger partial charge on any atom is -0.360 e. The van der Waals surface area contributed by atoms with Crippen LogP contribution in [0.3, 0.4) is 0 Å². The van der Waals surface area contributed by atoms with E-state index in [2.05, 4.69) is 65.4 Å². The molecule has 0 atom stereocenters. The first-order valence-electron chi connectivity index (χ1n) is 7.37. The number of nitrogens with zero attached hydrogens (tertiary/aromatic N) is 2. The van der Waals surface area contributed by atoms with Gasteiger partial charge in [-0.25, -0.2) is 0 Å². The number of rotatable bonds is 2. The molecule has 2 nitrogen and oxygen atoms in total. The van der Waals surface area contributed by atoms with E-state index >= 15 is 0 Å². The van der Waals surface area contributed by atoms with Gasteiger partial charge in [-0.3, -0.25) is 0 Å². The molecule has 21 heavy (non-hydrogen) atoms. The fourth-order valence-electron chi connectivity index (χ4n) is 2.63. The average molecular weight is 296 g/mol. The van der Waals surface area contributed by atoms with Gasteiger partial charge in [-0.15, -0.1) is 0 Å². The summed E-state index contributed by atoms with van der Waals surface area (Å²) in [6, 6.07) is 19.0. The third kappa shape index (κ3) is 3.31. The van der Waals surface area contributed by atoms with E-state index in [1.165, 1.54) is 11.1 Å². The van der Waals surface area contributed by atoms with Crippen molar-refractivity contribution in [3.63, 3.8) is 0 Å². The Morgan fingerprint density at radius 1 is 0.810 bits per heavy atom. The smallest absolute Gasteiger partial charge is 0.109 e. The third-order valence-corrected chi connectivity index (χ3v) is 4.52. The Hall–Kier alpha value is -1.71. The zero-order valence-electron chi connectivity index (χ0n) is 12.3. The van der Waals surface area contributed by atoms with Gasteiger partial charge in [-0.2, -0.15) is 0 Å². The summed E-state index contributed by atoms with van der Waals surface area (Å²) in [5.74, 6) is 0. The highest BCUT2D eigenvalue weighted by molar-refractivity contribution is 7.80. The molecule has 1 saturated heterocycles. The van der Waals surface area contributed by atoms with E-state index in [9.17, 15) is 0 Å². The second-order valence-electron chi connectivity index (χ2n) is 5.54. The van der Waals surface area contributed by atoms with Gasteiger partial charge in [-0.1, -0.05) is 66.8 Å². The van der Waals surface area contributed by atoms with E-state index in [-0.39, 0.29) is 0 Å². The highest BCUT2D eigenvalue weighted by atomic mass is 32.1. The van der Waals surface area contributed by atoms with Gasteiger partial charge in [0.05, 0.1) is 0 Å². The molecule has 0 bridgehead atoms. The predicted molar refractivity (Wildman–Crippen MR) is 92.6 cm³/mol. The molecular weight excluding hydrogens is 276 g/mol. The average Bonchev–Trinajstić information content (AvgIpc) is 2.56. The molecule has 0 aliphatic carbocycles. The molecule has 0 amide bonds. The highest BCUT2D eigenvalue weighted by Gasteiger charge is 2.17. The van der Waals surface area contributed by atoms with Gasteiger partial charge < -0.3 is 9.80 Å². The van der Waals surface area contributed by atoms with Crippen LogP contribution in [0, 0.1) is 0 Å². The van der Waals surface area contributed by atoms with Gasteiger partial charge in [-0.05, 0) is 18.2 Å². The molecule has 0 unspecified atom stereocenters. The maximum atomic E-state index is 5.65. The van der Waals surface area contributed by atoms with Gasteiger partial charge >= 0.3 is 0 Å². The fraction of sp³-hybridized carbons (Fsp3) is 0.278. The van der Waals surface area contributed by atoms with Crippen molar-refractivity contribution in [3.8, 4) is 11.1 Å². The van der Waals surface area contributed by atoms with Crippen LogP contribution in [-0.4, -0.2) is 48.0 Å². The van der Waals surface area contributed by atoms with E-state index in [4.69, 9.17) is 12.2 Å². The maximum Gasteiger partial charge on any atom is 0.109 e. The Morgan fingerprint density at radius 2 is 1.38 bits per heavy atom. The topological polar surface area (TPSA) is 6.48 Å². The Morgan fingerprint density at radius 3 is 2.00 bits per heavy atom. The van der Waals surface area contributed by atoms with Gasteiger partial charge in [0.1, 0.15) is 4.99 Å². The SMILES string of the molecule is CN1CCN(C(=S)c2ccc(-c3ccccc3)cc2)CC1. The molecule has 0 N–H and O–H groups in total. The van der Waals surface area contributed by atoms with Crippen molar-refractivity contribution in [3.05, 3.63) is 60.2 Å². The lowest BCUT2D eigenvalue weighted by Gasteiger charge is -2.34. The van der Waals surface area contributed by atoms with Crippen LogP contribution in [0.1, 0.15) is 5.56 Å². The molecule has 108 valence electrons. The molecule has 1 aliphatic rings.